The number of aliphatic hydroxyl groups is 1. The standard InChI is InChI=1S/C19H17BrN4O3S/c1-19(2,26)10-24-7-12-5-15(21-17(25)16-9-28-18(20)22-16)13(6-14(12)23-24)11-3-4-27-8-11/h3-9,26H,10H2,1-2H3,(H,21,25). The highest BCUT2D eigenvalue weighted by molar-refractivity contribution is 9.11. The molecule has 7 nitrogen and oxygen atoms in total. The fraction of sp³-hybridized carbons (Fsp3) is 0.211. The molecular weight excluding hydrogens is 444 g/mol. The molecule has 0 aliphatic heterocycles. The summed E-state index contributed by atoms with van der Waals surface area (Å²) >= 11 is 4.62. The molecule has 3 aromatic heterocycles. The summed E-state index contributed by atoms with van der Waals surface area (Å²) in [5, 5.41) is 20.1. The van der Waals surface area contributed by atoms with Crippen molar-refractivity contribution in [3.8, 4) is 11.1 Å². The molecule has 0 radical (unpaired) electrons. The first-order chi connectivity index (χ1) is 13.3. The second kappa shape index (κ2) is 7.16. The number of hydrogen-bond donors (Lipinski definition) is 2. The molecule has 0 aliphatic carbocycles. The van der Waals surface area contributed by atoms with Gasteiger partial charge in [0.2, 0.25) is 0 Å². The van der Waals surface area contributed by atoms with E-state index in [1.54, 1.807) is 36.4 Å². The van der Waals surface area contributed by atoms with E-state index in [2.05, 4.69) is 31.3 Å². The van der Waals surface area contributed by atoms with Gasteiger partial charge < -0.3 is 14.8 Å². The molecule has 0 bridgehead atoms. The van der Waals surface area contributed by atoms with Gasteiger partial charge in [0.25, 0.3) is 5.91 Å². The fourth-order valence-corrected chi connectivity index (χ4v) is 3.89. The molecule has 0 saturated carbocycles. The van der Waals surface area contributed by atoms with Crippen molar-refractivity contribution in [1.29, 1.82) is 0 Å². The highest BCUT2D eigenvalue weighted by Crippen LogP contribution is 2.33. The zero-order valence-electron chi connectivity index (χ0n) is 15.1. The van der Waals surface area contributed by atoms with Crippen molar-refractivity contribution in [1.82, 2.24) is 14.8 Å². The van der Waals surface area contributed by atoms with E-state index in [0.717, 1.165) is 22.0 Å². The summed E-state index contributed by atoms with van der Waals surface area (Å²) in [5.41, 5.74) is 2.46. The van der Waals surface area contributed by atoms with Crippen LogP contribution < -0.4 is 5.32 Å². The van der Waals surface area contributed by atoms with Gasteiger partial charge in [-0.05, 0) is 48.0 Å². The molecule has 0 aliphatic rings. The molecule has 4 rings (SSSR count). The zero-order valence-corrected chi connectivity index (χ0v) is 17.5. The van der Waals surface area contributed by atoms with Crippen LogP contribution in [0.1, 0.15) is 24.3 Å². The summed E-state index contributed by atoms with van der Waals surface area (Å²) in [6.07, 6.45) is 5.04. The quantitative estimate of drug-likeness (QED) is 0.455. The molecule has 0 fully saturated rings. The number of nitrogens with zero attached hydrogens (tertiary/aromatic N) is 3. The lowest BCUT2D eigenvalue weighted by Gasteiger charge is -2.16. The van der Waals surface area contributed by atoms with Crippen LogP contribution in [0.3, 0.4) is 0 Å². The Kier molecular flexibility index (Phi) is 4.82. The van der Waals surface area contributed by atoms with E-state index in [0.29, 0.717) is 21.8 Å². The van der Waals surface area contributed by atoms with Crippen molar-refractivity contribution in [2.24, 2.45) is 0 Å². The third-order valence-corrected chi connectivity index (χ3v) is 5.39. The van der Waals surface area contributed by atoms with Crippen molar-refractivity contribution in [3.05, 3.63) is 51.9 Å². The van der Waals surface area contributed by atoms with Crippen LogP contribution in [-0.4, -0.2) is 31.4 Å². The Labute approximate surface area is 173 Å². The van der Waals surface area contributed by atoms with Gasteiger partial charge in [-0.15, -0.1) is 11.3 Å². The number of anilines is 1. The first-order valence-electron chi connectivity index (χ1n) is 8.47. The molecule has 4 aromatic rings. The number of thiazole rings is 1. The number of rotatable bonds is 5. The van der Waals surface area contributed by atoms with E-state index >= 15 is 0 Å². The number of amides is 1. The SMILES string of the molecule is CC(C)(O)Cn1cc2cc(NC(=O)c3csc(Br)n3)c(-c3ccoc3)cc2n1. The first kappa shape index (κ1) is 18.9. The molecule has 0 spiro atoms. The minimum atomic E-state index is -0.884. The number of carbonyl (C=O) groups is 1. The Balaban J connectivity index is 1.76. The Hall–Kier alpha value is -2.49. The van der Waals surface area contributed by atoms with E-state index in [9.17, 15) is 9.90 Å². The number of furan rings is 1. The summed E-state index contributed by atoms with van der Waals surface area (Å²) < 4.78 is 7.56. The van der Waals surface area contributed by atoms with Crippen molar-refractivity contribution in [2.75, 3.05) is 5.32 Å². The number of benzene rings is 1. The maximum atomic E-state index is 12.6. The number of aromatic nitrogens is 3. The average Bonchev–Trinajstić information content (AvgIpc) is 3.32. The number of carbonyl (C=O) groups excluding carboxylic acids is 1. The van der Waals surface area contributed by atoms with E-state index < -0.39 is 5.60 Å². The molecule has 2 N–H and O–H groups in total. The third-order valence-electron chi connectivity index (χ3n) is 4.03. The average molecular weight is 461 g/mol. The monoisotopic (exact) mass is 460 g/mol. The molecule has 0 atom stereocenters. The van der Waals surface area contributed by atoms with Gasteiger partial charge in [-0.2, -0.15) is 5.10 Å². The molecule has 0 unspecified atom stereocenters. The lowest BCUT2D eigenvalue weighted by molar-refractivity contribution is 0.0580. The van der Waals surface area contributed by atoms with E-state index in [1.165, 1.54) is 11.3 Å². The van der Waals surface area contributed by atoms with Crippen LogP contribution in [0.15, 0.2) is 50.6 Å². The van der Waals surface area contributed by atoms with Crippen LogP contribution >= 0.6 is 27.3 Å². The molecular formula is C19H17BrN4O3S. The normalized spacial score (nSPS) is 11.9. The molecule has 9 heteroatoms. The molecule has 3 heterocycles. The number of halogens is 1. The largest absolute Gasteiger partial charge is 0.472 e. The van der Waals surface area contributed by atoms with Crippen LogP contribution in [0.4, 0.5) is 5.69 Å². The first-order valence-corrected chi connectivity index (χ1v) is 10.1. The van der Waals surface area contributed by atoms with Gasteiger partial charge in [-0.3, -0.25) is 9.48 Å². The second-order valence-electron chi connectivity index (χ2n) is 7.05. The summed E-state index contributed by atoms with van der Waals surface area (Å²) in [6, 6.07) is 5.59. The van der Waals surface area contributed by atoms with Gasteiger partial charge in [0.1, 0.15) is 5.69 Å². The second-order valence-corrected chi connectivity index (χ2v) is 9.18. The molecule has 28 heavy (non-hydrogen) atoms. The van der Waals surface area contributed by atoms with Gasteiger partial charge in [-0.25, -0.2) is 4.98 Å². The predicted octanol–water partition coefficient (Wildman–Crippen LogP) is 4.54. The fourth-order valence-electron chi connectivity index (χ4n) is 2.90. The van der Waals surface area contributed by atoms with Crippen LogP contribution in [0, 0.1) is 0 Å². The molecule has 1 amide bonds. The van der Waals surface area contributed by atoms with Gasteiger partial charge in [-0.1, -0.05) is 0 Å². The Morgan fingerprint density at radius 2 is 2.25 bits per heavy atom. The minimum absolute atomic E-state index is 0.296. The zero-order chi connectivity index (χ0) is 19.9. The molecule has 1 aromatic carbocycles. The van der Waals surface area contributed by atoms with Gasteiger partial charge in [0.15, 0.2) is 3.92 Å². The van der Waals surface area contributed by atoms with Crippen molar-refractivity contribution in [2.45, 2.75) is 26.0 Å². The predicted molar refractivity (Wildman–Crippen MR) is 112 cm³/mol. The lowest BCUT2D eigenvalue weighted by atomic mass is 10.0. The van der Waals surface area contributed by atoms with Gasteiger partial charge in [0.05, 0.1) is 30.2 Å². The Bertz CT molecular complexity index is 1140. The summed E-state index contributed by atoms with van der Waals surface area (Å²) in [5.74, 6) is -0.296. The van der Waals surface area contributed by atoms with Crippen molar-refractivity contribution < 1.29 is 14.3 Å². The topological polar surface area (TPSA) is 93.2 Å². The van der Waals surface area contributed by atoms with Crippen LogP contribution in [0.5, 0.6) is 0 Å². The lowest BCUT2D eigenvalue weighted by Crippen LogP contribution is -2.26. The Morgan fingerprint density at radius 1 is 1.43 bits per heavy atom. The molecule has 144 valence electrons. The highest BCUT2D eigenvalue weighted by atomic mass is 79.9. The maximum absolute atomic E-state index is 12.6. The van der Waals surface area contributed by atoms with Crippen molar-refractivity contribution >= 4 is 49.8 Å². The summed E-state index contributed by atoms with van der Waals surface area (Å²) in [7, 11) is 0. The Morgan fingerprint density at radius 3 is 2.89 bits per heavy atom. The van der Waals surface area contributed by atoms with Crippen LogP contribution in [0.25, 0.3) is 22.0 Å². The summed E-state index contributed by atoms with van der Waals surface area (Å²) in [6.45, 7) is 3.82. The van der Waals surface area contributed by atoms with E-state index in [1.807, 2.05) is 24.4 Å². The van der Waals surface area contributed by atoms with Crippen molar-refractivity contribution in [3.63, 3.8) is 0 Å². The number of fused-ring (bicyclic) bond motifs is 1. The molecule has 0 saturated heterocycles. The summed E-state index contributed by atoms with van der Waals surface area (Å²) in [4.78, 5) is 16.8. The van der Waals surface area contributed by atoms with Crippen LogP contribution in [-0.2, 0) is 6.54 Å². The highest BCUT2D eigenvalue weighted by Gasteiger charge is 2.18. The smallest absolute Gasteiger partial charge is 0.275 e. The van der Waals surface area contributed by atoms with Gasteiger partial charge >= 0.3 is 0 Å². The minimum Gasteiger partial charge on any atom is -0.472 e. The van der Waals surface area contributed by atoms with E-state index in [4.69, 9.17) is 4.42 Å². The maximum Gasteiger partial charge on any atom is 0.275 e. The number of hydrogen-bond acceptors (Lipinski definition) is 6. The third kappa shape index (κ3) is 4.01. The van der Waals surface area contributed by atoms with Crippen LogP contribution in [0.2, 0.25) is 0 Å². The van der Waals surface area contributed by atoms with E-state index in [-0.39, 0.29) is 5.91 Å². The van der Waals surface area contributed by atoms with Gasteiger partial charge in [0, 0.05) is 33.8 Å². The number of nitrogens with one attached hydrogen (secondary N) is 1.